The molecular weight excluding hydrogens is 296 g/mol. The van der Waals surface area contributed by atoms with Gasteiger partial charge in [-0.1, -0.05) is 12.1 Å². The number of rotatable bonds is 2. The van der Waals surface area contributed by atoms with Crippen LogP contribution in [-0.2, 0) is 6.18 Å². The highest BCUT2D eigenvalue weighted by molar-refractivity contribution is 5.49. The fourth-order valence-electron chi connectivity index (χ4n) is 2.06. The first-order valence-corrected chi connectivity index (χ1v) is 6.13. The van der Waals surface area contributed by atoms with E-state index in [2.05, 4.69) is 0 Å². The van der Waals surface area contributed by atoms with E-state index >= 15 is 0 Å². The molecule has 0 fully saturated rings. The third-order valence-corrected chi connectivity index (χ3v) is 3.14. The lowest BCUT2D eigenvalue weighted by atomic mass is 9.88. The van der Waals surface area contributed by atoms with Gasteiger partial charge in [0, 0.05) is 0 Å². The second kappa shape index (κ2) is 5.87. The summed E-state index contributed by atoms with van der Waals surface area (Å²) in [5.74, 6) is -1.61. The van der Waals surface area contributed by atoms with Gasteiger partial charge in [0.05, 0.1) is 29.2 Å². The normalized spacial score (nSPS) is 12.3. The van der Waals surface area contributed by atoms with Gasteiger partial charge < -0.3 is 0 Å². The van der Waals surface area contributed by atoms with Crippen LogP contribution >= 0.6 is 0 Å². The molecule has 0 aliphatic heterocycles. The Morgan fingerprint density at radius 2 is 1.59 bits per heavy atom. The van der Waals surface area contributed by atoms with Gasteiger partial charge >= 0.3 is 6.18 Å². The highest BCUT2D eigenvalue weighted by Crippen LogP contribution is 2.34. The summed E-state index contributed by atoms with van der Waals surface area (Å²) >= 11 is 0. The third kappa shape index (κ3) is 3.07. The summed E-state index contributed by atoms with van der Waals surface area (Å²) in [6.07, 6.45) is -4.58. The van der Waals surface area contributed by atoms with E-state index in [1.165, 1.54) is 12.1 Å². The van der Waals surface area contributed by atoms with E-state index in [0.29, 0.717) is 5.56 Å². The lowest BCUT2D eigenvalue weighted by Crippen LogP contribution is -2.08. The van der Waals surface area contributed by atoms with Crippen molar-refractivity contribution in [1.29, 1.82) is 10.5 Å². The highest BCUT2D eigenvalue weighted by Gasteiger charge is 2.32. The summed E-state index contributed by atoms with van der Waals surface area (Å²) in [5.41, 5.74) is -0.695. The molecule has 2 aromatic carbocycles. The fraction of sp³-hybridized carbons (Fsp3) is 0.125. The molecule has 2 nitrogen and oxygen atoms in total. The zero-order chi connectivity index (χ0) is 16.3. The molecular formula is C16H8F4N2. The Labute approximate surface area is 123 Å². The Bertz CT molecular complexity index is 765. The van der Waals surface area contributed by atoms with E-state index in [1.807, 2.05) is 6.07 Å². The summed E-state index contributed by atoms with van der Waals surface area (Å²) in [5, 5.41) is 18.3. The van der Waals surface area contributed by atoms with E-state index < -0.39 is 23.5 Å². The summed E-state index contributed by atoms with van der Waals surface area (Å²) in [6, 6.07) is 11.1. The Morgan fingerprint density at radius 1 is 0.955 bits per heavy atom. The van der Waals surface area contributed by atoms with Crippen molar-refractivity contribution >= 4 is 0 Å². The molecule has 1 atom stereocenters. The van der Waals surface area contributed by atoms with Crippen molar-refractivity contribution in [2.75, 3.05) is 0 Å². The molecule has 0 aliphatic rings. The number of halogens is 4. The molecule has 0 radical (unpaired) electrons. The van der Waals surface area contributed by atoms with Gasteiger partial charge in [-0.25, -0.2) is 4.39 Å². The van der Waals surface area contributed by atoms with Gasteiger partial charge in [0.15, 0.2) is 0 Å². The van der Waals surface area contributed by atoms with Crippen LogP contribution in [0.4, 0.5) is 17.6 Å². The number of nitrogens with zero attached hydrogens (tertiary/aromatic N) is 2. The standard InChI is InChI=1S/C16H8F4N2/c17-13-5-2-10(3-6-13)15(9-22)14-7-12(16(18,19)20)4-1-11(14)8-21/h1-7,15H. The number of benzene rings is 2. The molecule has 0 amide bonds. The zero-order valence-electron chi connectivity index (χ0n) is 11.0. The van der Waals surface area contributed by atoms with Crippen molar-refractivity contribution in [3.63, 3.8) is 0 Å². The third-order valence-electron chi connectivity index (χ3n) is 3.14. The minimum Gasteiger partial charge on any atom is -0.207 e. The Kier molecular flexibility index (Phi) is 4.14. The summed E-state index contributed by atoms with van der Waals surface area (Å²) in [7, 11) is 0. The van der Waals surface area contributed by atoms with E-state index in [1.54, 1.807) is 6.07 Å². The van der Waals surface area contributed by atoms with Crippen LogP contribution in [0, 0.1) is 28.5 Å². The maximum absolute atomic E-state index is 12.9. The van der Waals surface area contributed by atoms with Gasteiger partial charge in [-0.15, -0.1) is 0 Å². The molecule has 0 N–H and O–H groups in total. The highest BCUT2D eigenvalue weighted by atomic mass is 19.4. The van der Waals surface area contributed by atoms with Crippen LogP contribution in [0.1, 0.15) is 28.2 Å². The first-order chi connectivity index (χ1) is 10.4. The molecule has 1 unspecified atom stereocenters. The molecule has 0 aromatic heterocycles. The minimum absolute atomic E-state index is 0.0242. The van der Waals surface area contributed by atoms with Gasteiger partial charge in [0.25, 0.3) is 0 Å². The second-order valence-corrected chi connectivity index (χ2v) is 4.53. The number of hydrogen-bond donors (Lipinski definition) is 0. The van der Waals surface area contributed by atoms with Gasteiger partial charge in [-0.05, 0) is 41.5 Å². The van der Waals surface area contributed by atoms with Gasteiger partial charge in [-0.2, -0.15) is 23.7 Å². The largest absolute Gasteiger partial charge is 0.416 e. The lowest BCUT2D eigenvalue weighted by Gasteiger charge is -2.14. The summed E-state index contributed by atoms with van der Waals surface area (Å²) in [6.45, 7) is 0. The topological polar surface area (TPSA) is 47.6 Å². The van der Waals surface area contributed by atoms with Gasteiger partial charge in [-0.3, -0.25) is 0 Å². The average Bonchev–Trinajstić information content (AvgIpc) is 2.49. The maximum atomic E-state index is 12.9. The Morgan fingerprint density at radius 3 is 2.09 bits per heavy atom. The molecule has 2 rings (SSSR count). The zero-order valence-corrected chi connectivity index (χ0v) is 11.0. The number of nitriles is 2. The number of hydrogen-bond acceptors (Lipinski definition) is 2. The fourth-order valence-corrected chi connectivity index (χ4v) is 2.06. The molecule has 22 heavy (non-hydrogen) atoms. The monoisotopic (exact) mass is 304 g/mol. The molecule has 6 heteroatoms. The van der Waals surface area contributed by atoms with Crippen LogP contribution in [0.5, 0.6) is 0 Å². The quantitative estimate of drug-likeness (QED) is 0.773. The Hall–Kier alpha value is -2.86. The first kappa shape index (κ1) is 15.5. The van der Waals surface area contributed by atoms with E-state index in [0.717, 1.165) is 30.3 Å². The van der Waals surface area contributed by atoms with E-state index in [4.69, 9.17) is 5.26 Å². The van der Waals surface area contributed by atoms with Crippen molar-refractivity contribution in [2.45, 2.75) is 12.1 Å². The van der Waals surface area contributed by atoms with E-state index in [-0.39, 0.29) is 11.1 Å². The van der Waals surface area contributed by atoms with Crippen LogP contribution in [0.15, 0.2) is 42.5 Å². The molecule has 110 valence electrons. The molecule has 0 saturated carbocycles. The summed E-state index contributed by atoms with van der Waals surface area (Å²) < 4.78 is 51.4. The van der Waals surface area contributed by atoms with Gasteiger partial charge in [0.2, 0.25) is 0 Å². The molecule has 0 heterocycles. The molecule has 0 bridgehead atoms. The van der Waals surface area contributed by atoms with Crippen molar-refractivity contribution in [3.05, 3.63) is 70.5 Å². The second-order valence-electron chi connectivity index (χ2n) is 4.53. The van der Waals surface area contributed by atoms with Crippen molar-refractivity contribution in [1.82, 2.24) is 0 Å². The van der Waals surface area contributed by atoms with Crippen molar-refractivity contribution in [3.8, 4) is 12.1 Å². The van der Waals surface area contributed by atoms with Crippen LogP contribution < -0.4 is 0 Å². The van der Waals surface area contributed by atoms with E-state index in [9.17, 15) is 22.8 Å². The van der Waals surface area contributed by atoms with Crippen LogP contribution in [0.2, 0.25) is 0 Å². The van der Waals surface area contributed by atoms with Crippen LogP contribution in [-0.4, -0.2) is 0 Å². The minimum atomic E-state index is -4.58. The SMILES string of the molecule is N#Cc1ccc(C(F)(F)F)cc1C(C#N)c1ccc(F)cc1. The molecule has 2 aromatic rings. The smallest absolute Gasteiger partial charge is 0.207 e. The maximum Gasteiger partial charge on any atom is 0.416 e. The first-order valence-electron chi connectivity index (χ1n) is 6.13. The molecule has 0 aliphatic carbocycles. The van der Waals surface area contributed by atoms with Crippen LogP contribution in [0.3, 0.4) is 0 Å². The average molecular weight is 304 g/mol. The van der Waals surface area contributed by atoms with Gasteiger partial charge in [0.1, 0.15) is 5.82 Å². The molecule has 0 spiro atoms. The van der Waals surface area contributed by atoms with Crippen molar-refractivity contribution < 1.29 is 17.6 Å². The molecule has 0 saturated heterocycles. The predicted molar refractivity (Wildman–Crippen MR) is 70.0 cm³/mol. The van der Waals surface area contributed by atoms with Crippen LogP contribution in [0.25, 0.3) is 0 Å². The summed E-state index contributed by atoms with van der Waals surface area (Å²) in [4.78, 5) is 0. The Balaban J connectivity index is 2.60. The lowest BCUT2D eigenvalue weighted by molar-refractivity contribution is -0.137. The number of alkyl halides is 3. The predicted octanol–water partition coefficient (Wildman–Crippen LogP) is 4.37. The van der Waals surface area contributed by atoms with Crippen molar-refractivity contribution in [2.24, 2.45) is 0 Å².